The summed E-state index contributed by atoms with van der Waals surface area (Å²) >= 11 is 0. The van der Waals surface area contributed by atoms with Crippen molar-refractivity contribution in [2.75, 3.05) is 5.32 Å². The van der Waals surface area contributed by atoms with Gasteiger partial charge in [0.2, 0.25) is 5.95 Å². The molecule has 192 valence electrons. The average Bonchev–Trinajstić information content (AvgIpc) is 3.25. The lowest BCUT2D eigenvalue weighted by Gasteiger charge is -2.36. The number of halogens is 1. The van der Waals surface area contributed by atoms with E-state index in [1.807, 2.05) is 18.2 Å². The maximum absolute atomic E-state index is 13.2. The Hall–Kier alpha value is -3.67. The SMILES string of the molecule is CCc1ccc(Nc2nc3cc(C(=O)NCc4ccc(F)cc4)ccc3n2[C@H]2CCCC(C)(C)C2)cc1. The van der Waals surface area contributed by atoms with Gasteiger partial charge >= 0.3 is 0 Å². The van der Waals surface area contributed by atoms with Gasteiger partial charge in [0, 0.05) is 23.8 Å². The molecule has 1 atom stereocenters. The van der Waals surface area contributed by atoms with Crippen LogP contribution < -0.4 is 10.6 Å². The molecule has 0 radical (unpaired) electrons. The van der Waals surface area contributed by atoms with Gasteiger partial charge in [0.15, 0.2) is 0 Å². The fraction of sp³-hybridized carbons (Fsp3) is 0.355. The minimum absolute atomic E-state index is 0.177. The maximum Gasteiger partial charge on any atom is 0.251 e. The van der Waals surface area contributed by atoms with E-state index in [0.717, 1.165) is 47.5 Å². The fourth-order valence-corrected chi connectivity index (χ4v) is 5.42. The topological polar surface area (TPSA) is 59.0 Å². The van der Waals surface area contributed by atoms with Crippen molar-refractivity contribution in [1.29, 1.82) is 0 Å². The number of benzene rings is 3. The minimum Gasteiger partial charge on any atom is -0.348 e. The van der Waals surface area contributed by atoms with Crippen LogP contribution in [-0.4, -0.2) is 15.5 Å². The second kappa shape index (κ2) is 10.4. The molecule has 1 heterocycles. The molecule has 6 heteroatoms. The summed E-state index contributed by atoms with van der Waals surface area (Å²) in [5.41, 5.74) is 5.81. The third-order valence-electron chi connectivity index (χ3n) is 7.48. The Morgan fingerprint density at radius 2 is 1.78 bits per heavy atom. The Balaban J connectivity index is 1.45. The Kier molecular flexibility index (Phi) is 7.00. The standard InChI is InChI=1S/C31H35FN4O/c1-4-21-9-14-25(15-10-21)34-30-35-27-18-23(29(37)33-20-22-7-12-24(32)13-8-22)11-16-28(27)36(30)26-6-5-17-31(2,3)19-26/h7-16,18,26H,4-6,17,19-20H2,1-3H3,(H,33,37)(H,34,35)/t26-/m0/s1. The molecule has 0 aliphatic heterocycles. The summed E-state index contributed by atoms with van der Waals surface area (Å²) in [6, 6.07) is 20.7. The summed E-state index contributed by atoms with van der Waals surface area (Å²) in [5, 5.41) is 6.49. The van der Waals surface area contributed by atoms with E-state index in [0.29, 0.717) is 18.2 Å². The van der Waals surface area contributed by atoms with Crippen LogP contribution >= 0.6 is 0 Å². The first kappa shape index (κ1) is 25.0. The van der Waals surface area contributed by atoms with Crippen LogP contribution in [0.25, 0.3) is 11.0 Å². The van der Waals surface area contributed by atoms with E-state index >= 15 is 0 Å². The van der Waals surface area contributed by atoms with E-state index < -0.39 is 0 Å². The van der Waals surface area contributed by atoms with Crippen molar-refractivity contribution in [1.82, 2.24) is 14.9 Å². The van der Waals surface area contributed by atoms with Gasteiger partial charge in [-0.3, -0.25) is 4.79 Å². The summed E-state index contributed by atoms with van der Waals surface area (Å²) in [6.07, 6.45) is 5.61. The molecule has 4 aromatic rings. The highest BCUT2D eigenvalue weighted by atomic mass is 19.1. The monoisotopic (exact) mass is 498 g/mol. The molecule has 37 heavy (non-hydrogen) atoms. The van der Waals surface area contributed by atoms with Gasteiger partial charge in [-0.2, -0.15) is 0 Å². The van der Waals surface area contributed by atoms with Gasteiger partial charge in [-0.15, -0.1) is 0 Å². The van der Waals surface area contributed by atoms with Gasteiger partial charge in [0.1, 0.15) is 5.82 Å². The van der Waals surface area contributed by atoms with E-state index in [4.69, 9.17) is 4.98 Å². The highest BCUT2D eigenvalue weighted by molar-refractivity contribution is 5.97. The molecule has 5 nitrogen and oxygen atoms in total. The average molecular weight is 499 g/mol. The normalized spacial score (nSPS) is 17.0. The van der Waals surface area contributed by atoms with E-state index in [2.05, 4.69) is 60.2 Å². The highest BCUT2D eigenvalue weighted by Gasteiger charge is 2.31. The molecule has 1 aliphatic carbocycles. The number of carbonyl (C=O) groups excluding carboxylic acids is 1. The molecule has 5 rings (SSSR count). The van der Waals surface area contributed by atoms with Crippen LogP contribution in [0.1, 0.15) is 74.0 Å². The third kappa shape index (κ3) is 5.68. The summed E-state index contributed by atoms with van der Waals surface area (Å²) in [7, 11) is 0. The number of fused-ring (bicyclic) bond motifs is 1. The summed E-state index contributed by atoms with van der Waals surface area (Å²) in [5.74, 6) is 0.346. The first-order chi connectivity index (χ1) is 17.8. The zero-order chi connectivity index (χ0) is 26.0. The Labute approximate surface area is 218 Å². The van der Waals surface area contributed by atoms with Crippen molar-refractivity contribution < 1.29 is 9.18 Å². The molecular weight excluding hydrogens is 463 g/mol. The number of amides is 1. The molecule has 3 aromatic carbocycles. The number of nitrogens with one attached hydrogen (secondary N) is 2. The molecule has 1 aliphatic rings. The van der Waals surface area contributed by atoms with Gasteiger partial charge in [-0.05, 0) is 84.7 Å². The van der Waals surface area contributed by atoms with Crippen molar-refractivity contribution in [3.63, 3.8) is 0 Å². The van der Waals surface area contributed by atoms with Crippen LogP contribution in [0.15, 0.2) is 66.7 Å². The Morgan fingerprint density at radius 1 is 1.05 bits per heavy atom. The van der Waals surface area contributed by atoms with Gasteiger partial charge in [0.25, 0.3) is 5.91 Å². The minimum atomic E-state index is -0.289. The van der Waals surface area contributed by atoms with Gasteiger partial charge in [-0.25, -0.2) is 9.37 Å². The Bertz CT molecular complexity index is 1390. The second-order valence-corrected chi connectivity index (χ2v) is 10.9. The lowest BCUT2D eigenvalue weighted by Crippen LogP contribution is -2.25. The summed E-state index contributed by atoms with van der Waals surface area (Å²) in [4.78, 5) is 17.9. The molecule has 1 saturated carbocycles. The van der Waals surface area contributed by atoms with Crippen molar-refractivity contribution in [3.05, 3.63) is 89.2 Å². The highest BCUT2D eigenvalue weighted by Crippen LogP contribution is 2.43. The number of hydrogen-bond donors (Lipinski definition) is 2. The lowest BCUT2D eigenvalue weighted by atomic mass is 9.75. The zero-order valence-electron chi connectivity index (χ0n) is 21.9. The van der Waals surface area contributed by atoms with Crippen LogP contribution in [0, 0.1) is 11.2 Å². The van der Waals surface area contributed by atoms with Gasteiger partial charge < -0.3 is 15.2 Å². The van der Waals surface area contributed by atoms with E-state index in [9.17, 15) is 9.18 Å². The van der Waals surface area contributed by atoms with Crippen LogP contribution in [0.4, 0.5) is 16.0 Å². The largest absolute Gasteiger partial charge is 0.348 e. The second-order valence-electron chi connectivity index (χ2n) is 10.9. The summed E-state index contributed by atoms with van der Waals surface area (Å²) in [6.45, 7) is 7.18. The quantitative estimate of drug-likeness (QED) is 0.276. The van der Waals surface area contributed by atoms with Crippen LogP contribution in [0.5, 0.6) is 0 Å². The molecule has 0 saturated heterocycles. The molecular formula is C31H35FN4O. The number of aryl methyl sites for hydroxylation is 1. The predicted octanol–water partition coefficient (Wildman–Crippen LogP) is 7.55. The van der Waals surface area contributed by atoms with Gasteiger partial charge in [0.05, 0.1) is 11.0 Å². The smallest absolute Gasteiger partial charge is 0.251 e. The molecule has 2 N–H and O–H groups in total. The number of rotatable bonds is 7. The van der Waals surface area contributed by atoms with E-state index in [1.165, 1.54) is 30.5 Å². The number of anilines is 2. The molecule has 1 aromatic heterocycles. The van der Waals surface area contributed by atoms with E-state index in [1.54, 1.807) is 12.1 Å². The van der Waals surface area contributed by atoms with Crippen molar-refractivity contribution >= 4 is 28.6 Å². The van der Waals surface area contributed by atoms with Gasteiger partial charge in [-0.1, -0.05) is 51.5 Å². The molecule has 0 bridgehead atoms. The van der Waals surface area contributed by atoms with E-state index in [-0.39, 0.29) is 17.1 Å². The lowest BCUT2D eigenvalue weighted by molar-refractivity contribution is 0.0951. The van der Waals surface area contributed by atoms with Crippen LogP contribution in [-0.2, 0) is 13.0 Å². The number of imidazole rings is 1. The first-order valence-electron chi connectivity index (χ1n) is 13.2. The zero-order valence-corrected chi connectivity index (χ0v) is 21.9. The first-order valence-corrected chi connectivity index (χ1v) is 13.2. The molecule has 0 spiro atoms. The summed E-state index contributed by atoms with van der Waals surface area (Å²) < 4.78 is 15.5. The molecule has 1 amide bonds. The predicted molar refractivity (Wildman–Crippen MR) is 148 cm³/mol. The third-order valence-corrected chi connectivity index (χ3v) is 7.48. The maximum atomic E-state index is 13.2. The fourth-order valence-electron chi connectivity index (χ4n) is 5.42. The van der Waals surface area contributed by atoms with Crippen LogP contribution in [0.2, 0.25) is 0 Å². The number of hydrogen-bond acceptors (Lipinski definition) is 3. The van der Waals surface area contributed by atoms with Crippen LogP contribution in [0.3, 0.4) is 0 Å². The molecule has 1 fully saturated rings. The number of nitrogens with zero attached hydrogens (tertiary/aromatic N) is 2. The van der Waals surface area contributed by atoms with Crippen molar-refractivity contribution in [3.8, 4) is 0 Å². The van der Waals surface area contributed by atoms with Crippen molar-refractivity contribution in [2.24, 2.45) is 5.41 Å². The molecule has 0 unspecified atom stereocenters. The Morgan fingerprint density at radius 3 is 2.49 bits per heavy atom. The number of aromatic nitrogens is 2. The van der Waals surface area contributed by atoms with Crippen molar-refractivity contribution in [2.45, 2.75) is 65.5 Å². The number of carbonyl (C=O) groups is 1.